The average Bonchev–Trinajstić information content (AvgIpc) is 2.37. The van der Waals surface area contributed by atoms with Crippen LogP contribution >= 0.6 is 27.5 Å². The van der Waals surface area contributed by atoms with Gasteiger partial charge in [0.1, 0.15) is 5.75 Å². The second-order valence-corrected chi connectivity index (χ2v) is 14.1. The van der Waals surface area contributed by atoms with Crippen molar-refractivity contribution in [2.24, 2.45) is 5.41 Å². The molecule has 1 rings (SSSR count). The fraction of sp³-hybridized carbons (Fsp3) is 0.647. The first-order valence-electron chi connectivity index (χ1n) is 7.56. The topological polar surface area (TPSA) is 18.5 Å². The van der Waals surface area contributed by atoms with E-state index in [0.29, 0.717) is 18.2 Å². The molecule has 0 radical (unpaired) electrons. The maximum absolute atomic E-state index is 6.32. The molecule has 0 aliphatic carbocycles. The lowest BCUT2D eigenvalue weighted by Gasteiger charge is -2.39. The molecule has 126 valence electrons. The van der Waals surface area contributed by atoms with Crippen molar-refractivity contribution in [3.05, 3.63) is 27.7 Å². The third-order valence-corrected chi connectivity index (χ3v) is 9.86. The van der Waals surface area contributed by atoms with E-state index in [2.05, 4.69) is 63.6 Å². The Hall–Kier alpha value is -0.0331. The van der Waals surface area contributed by atoms with Crippen LogP contribution in [0.3, 0.4) is 0 Å². The van der Waals surface area contributed by atoms with E-state index < -0.39 is 8.32 Å². The summed E-state index contributed by atoms with van der Waals surface area (Å²) in [5.41, 5.74) is -0.0466. The highest BCUT2D eigenvalue weighted by atomic mass is 79.9. The van der Waals surface area contributed by atoms with Crippen LogP contribution in [0, 0.1) is 5.41 Å². The number of benzene rings is 1. The maximum Gasteiger partial charge on any atom is 0.192 e. The van der Waals surface area contributed by atoms with Crippen LogP contribution < -0.4 is 4.74 Å². The van der Waals surface area contributed by atoms with Gasteiger partial charge in [-0.3, -0.25) is 0 Å². The van der Waals surface area contributed by atoms with Crippen molar-refractivity contribution in [2.75, 3.05) is 13.2 Å². The zero-order valence-corrected chi connectivity index (χ0v) is 18.1. The quantitative estimate of drug-likeness (QED) is 0.499. The minimum atomic E-state index is -1.72. The highest BCUT2D eigenvalue weighted by molar-refractivity contribution is 9.10. The Bertz CT molecular complexity index is 510. The first kappa shape index (κ1) is 20.0. The lowest BCUT2D eigenvalue weighted by atomic mass is 9.96. The molecule has 0 amide bonds. The van der Waals surface area contributed by atoms with Gasteiger partial charge in [-0.2, -0.15) is 0 Å². The Kier molecular flexibility index (Phi) is 6.59. The predicted octanol–water partition coefficient (Wildman–Crippen LogP) is 6.53. The van der Waals surface area contributed by atoms with Crippen LogP contribution in [0.5, 0.6) is 5.75 Å². The monoisotopic (exact) mass is 406 g/mol. The molecule has 0 fully saturated rings. The van der Waals surface area contributed by atoms with Crippen LogP contribution in [0.4, 0.5) is 0 Å². The average molecular weight is 408 g/mol. The molecule has 0 bridgehead atoms. The van der Waals surface area contributed by atoms with Gasteiger partial charge in [0.05, 0.1) is 11.6 Å². The molecule has 22 heavy (non-hydrogen) atoms. The SMILES string of the molecule is CC(C)(COc1ccc(Br)c(Cl)c1)CO[Si](C)(C)C(C)(C)C. The molecule has 0 saturated carbocycles. The van der Waals surface area contributed by atoms with Gasteiger partial charge in [-0.25, -0.2) is 0 Å². The third kappa shape index (κ3) is 5.87. The van der Waals surface area contributed by atoms with Crippen molar-refractivity contribution in [3.8, 4) is 5.75 Å². The molecule has 1 aromatic rings. The Labute approximate surface area is 149 Å². The summed E-state index contributed by atoms with van der Waals surface area (Å²) in [4.78, 5) is 0. The van der Waals surface area contributed by atoms with Gasteiger partial charge in [0.25, 0.3) is 0 Å². The number of rotatable bonds is 6. The van der Waals surface area contributed by atoms with Crippen molar-refractivity contribution in [2.45, 2.75) is 52.8 Å². The molecule has 0 spiro atoms. The van der Waals surface area contributed by atoms with E-state index in [-0.39, 0.29) is 10.5 Å². The van der Waals surface area contributed by atoms with E-state index in [1.165, 1.54) is 0 Å². The fourth-order valence-corrected chi connectivity index (χ4v) is 3.08. The lowest BCUT2D eigenvalue weighted by molar-refractivity contribution is 0.102. The molecule has 0 atom stereocenters. The largest absolute Gasteiger partial charge is 0.493 e. The van der Waals surface area contributed by atoms with Gasteiger partial charge in [0.15, 0.2) is 8.32 Å². The van der Waals surface area contributed by atoms with E-state index >= 15 is 0 Å². The van der Waals surface area contributed by atoms with Crippen LogP contribution in [0.2, 0.25) is 23.2 Å². The first-order valence-corrected chi connectivity index (χ1v) is 11.6. The highest BCUT2D eigenvalue weighted by Crippen LogP contribution is 2.37. The molecule has 0 aromatic heterocycles. The van der Waals surface area contributed by atoms with Crippen molar-refractivity contribution < 1.29 is 9.16 Å². The van der Waals surface area contributed by atoms with E-state index in [1.807, 2.05) is 18.2 Å². The van der Waals surface area contributed by atoms with Crippen molar-refractivity contribution in [1.29, 1.82) is 0 Å². The summed E-state index contributed by atoms with van der Waals surface area (Å²) in [6.07, 6.45) is 0. The number of halogens is 2. The molecule has 0 aliphatic heterocycles. The number of hydrogen-bond donors (Lipinski definition) is 0. The molecule has 0 heterocycles. The molecule has 2 nitrogen and oxygen atoms in total. The zero-order chi connectivity index (χ0) is 17.2. The first-order chi connectivity index (χ1) is 9.84. The Morgan fingerprint density at radius 1 is 1.09 bits per heavy atom. The smallest absolute Gasteiger partial charge is 0.192 e. The van der Waals surface area contributed by atoms with E-state index in [1.54, 1.807) is 0 Å². The summed E-state index contributed by atoms with van der Waals surface area (Å²) >= 11 is 9.47. The van der Waals surface area contributed by atoms with Crippen LogP contribution in [-0.2, 0) is 4.43 Å². The summed E-state index contributed by atoms with van der Waals surface area (Å²) in [7, 11) is -1.72. The highest BCUT2D eigenvalue weighted by Gasteiger charge is 2.38. The number of ether oxygens (including phenoxy) is 1. The van der Waals surface area contributed by atoms with Gasteiger partial charge in [-0.05, 0) is 52.3 Å². The number of hydrogen-bond acceptors (Lipinski definition) is 2. The minimum absolute atomic E-state index is 0.0466. The summed E-state index contributed by atoms with van der Waals surface area (Å²) in [5, 5.41) is 0.885. The van der Waals surface area contributed by atoms with Gasteiger partial charge < -0.3 is 9.16 Å². The standard InChI is InChI=1S/C17H28BrClO2Si/c1-16(2,3)22(6,7)21-12-17(4,5)11-20-13-8-9-14(18)15(19)10-13/h8-10H,11-12H2,1-7H3. The van der Waals surface area contributed by atoms with Crippen molar-refractivity contribution in [1.82, 2.24) is 0 Å². The van der Waals surface area contributed by atoms with Gasteiger partial charge in [0.2, 0.25) is 0 Å². The summed E-state index contributed by atoms with van der Waals surface area (Å²) in [6, 6.07) is 5.65. The van der Waals surface area contributed by atoms with Gasteiger partial charge in [0, 0.05) is 16.5 Å². The van der Waals surface area contributed by atoms with Crippen molar-refractivity contribution in [3.63, 3.8) is 0 Å². The second kappa shape index (κ2) is 7.25. The zero-order valence-electron chi connectivity index (χ0n) is 14.7. The molecule has 0 saturated heterocycles. The molecule has 5 heteroatoms. The van der Waals surface area contributed by atoms with Gasteiger partial charge >= 0.3 is 0 Å². The Morgan fingerprint density at radius 2 is 1.68 bits per heavy atom. The molecule has 0 unspecified atom stereocenters. The maximum atomic E-state index is 6.32. The van der Waals surface area contributed by atoms with Gasteiger partial charge in [-0.15, -0.1) is 0 Å². The molecule has 0 aliphatic rings. The van der Waals surface area contributed by atoms with Crippen LogP contribution in [0.1, 0.15) is 34.6 Å². The fourth-order valence-electron chi connectivity index (χ4n) is 1.48. The lowest BCUT2D eigenvalue weighted by Crippen LogP contribution is -2.44. The Balaban J connectivity index is 2.58. The summed E-state index contributed by atoms with van der Waals surface area (Å²) in [5.74, 6) is 0.786. The van der Waals surface area contributed by atoms with E-state index in [9.17, 15) is 0 Å². The molecular weight excluding hydrogens is 380 g/mol. The third-order valence-electron chi connectivity index (χ3n) is 4.15. The van der Waals surface area contributed by atoms with Crippen LogP contribution in [-0.4, -0.2) is 21.5 Å². The Morgan fingerprint density at radius 3 is 2.18 bits per heavy atom. The molecule has 1 aromatic carbocycles. The second-order valence-electron chi connectivity index (χ2n) is 8.08. The van der Waals surface area contributed by atoms with E-state index in [0.717, 1.165) is 10.2 Å². The summed E-state index contributed by atoms with van der Waals surface area (Å²) < 4.78 is 13.1. The molecular formula is C17H28BrClO2Si. The predicted molar refractivity (Wildman–Crippen MR) is 102 cm³/mol. The minimum Gasteiger partial charge on any atom is -0.493 e. The summed E-state index contributed by atoms with van der Waals surface area (Å²) in [6.45, 7) is 17.0. The normalized spacial score (nSPS) is 13.3. The van der Waals surface area contributed by atoms with Gasteiger partial charge in [-0.1, -0.05) is 46.2 Å². The van der Waals surface area contributed by atoms with E-state index in [4.69, 9.17) is 20.8 Å². The van der Waals surface area contributed by atoms with Crippen LogP contribution in [0.25, 0.3) is 0 Å². The van der Waals surface area contributed by atoms with Crippen LogP contribution in [0.15, 0.2) is 22.7 Å². The van der Waals surface area contributed by atoms with Crippen molar-refractivity contribution >= 4 is 35.8 Å². The molecule has 0 N–H and O–H groups in total.